The first-order chi connectivity index (χ1) is 4.77. The Morgan fingerprint density at radius 3 is 2.70 bits per heavy atom. The fourth-order valence-corrected chi connectivity index (χ4v) is 1.24. The lowest BCUT2D eigenvalue weighted by Gasteiger charge is -2.11. The van der Waals surface area contributed by atoms with Crippen molar-refractivity contribution in [1.82, 2.24) is 10.6 Å². The summed E-state index contributed by atoms with van der Waals surface area (Å²) in [7, 11) is 0. The van der Waals surface area contributed by atoms with E-state index in [2.05, 4.69) is 30.7 Å². The molecule has 0 unspecified atom stereocenters. The molecule has 2 atom stereocenters. The Bertz CT molecular complexity index is 151. The monoisotopic (exact) mass is 138 g/mol. The van der Waals surface area contributed by atoms with E-state index in [1.807, 2.05) is 6.08 Å². The van der Waals surface area contributed by atoms with E-state index < -0.39 is 0 Å². The molecule has 1 aliphatic rings. The van der Waals surface area contributed by atoms with Crippen molar-refractivity contribution in [1.29, 1.82) is 0 Å². The molecule has 0 aromatic heterocycles. The third kappa shape index (κ3) is 1.15. The summed E-state index contributed by atoms with van der Waals surface area (Å²) < 4.78 is 0. The summed E-state index contributed by atoms with van der Waals surface area (Å²) in [5.74, 6) is 0.914. The molecule has 1 fully saturated rings. The van der Waals surface area contributed by atoms with Gasteiger partial charge in [0.2, 0.25) is 0 Å². The van der Waals surface area contributed by atoms with E-state index >= 15 is 0 Å². The fraction of sp³-hybridized carbons (Fsp3) is 0.500. The Hall–Kier alpha value is -0.920. The topological polar surface area (TPSA) is 24.1 Å². The third-order valence-corrected chi connectivity index (χ3v) is 1.83. The molecule has 1 aliphatic heterocycles. The summed E-state index contributed by atoms with van der Waals surface area (Å²) in [6, 6.07) is 0.836. The summed E-state index contributed by atoms with van der Waals surface area (Å²) in [6.07, 6.45) is 3.02. The lowest BCUT2D eigenvalue weighted by atomic mass is 10.1. The minimum absolute atomic E-state index is 0.359. The lowest BCUT2D eigenvalue weighted by Crippen LogP contribution is -2.30. The van der Waals surface area contributed by atoms with Crippen LogP contribution in [0.4, 0.5) is 0 Å². The van der Waals surface area contributed by atoms with Crippen molar-refractivity contribution in [2.45, 2.75) is 25.4 Å². The largest absolute Gasteiger partial charge is 0.367 e. The van der Waals surface area contributed by atoms with E-state index in [1.54, 1.807) is 0 Å². The highest BCUT2D eigenvalue weighted by Gasteiger charge is 2.23. The maximum absolute atomic E-state index is 3.78. The van der Waals surface area contributed by atoms with Crippen LogP contribution in [0.1, 0.15) is 13.3 Å². The van der Waals surface area contributed by atoms with Crippen LogP contribution in [0, 0.1) is 0 Å². The molecular formula is C8H14N2. The molecule has 2 heteroatoms. The van der Waals surface area contributed by atoms with Gasteiger partial charge in [0.25, 0.3) is 0 Å². The molecule has 1 heterocycles. The maximum atomic E-state index is 3.78. The summed E-state index contributed by atoms with van der Waals surface area (Å²) in [5, 5.41) is 6.41. The minimum Gasteiger partial charge on any atom is -0.367 e. The van der Waals surface area contributed by atoms with Crippen LogP contribution in [-0.4, -0.2) is 12.1 Å². The molecule has 1 rings (SSSR count). The molecule has 10 heavy (non-hydrogen) atoms. The highest BCUT2D eigenvalue weighted by atomic mass is 15.2. The van der Waals surface area contributed by atoms with Crippen molar-refractivity contribution in [3.8, 4) is 0 Å². The number of rotatable bonds is 2. The Morgan fingerprint density at radius 2 is 2.30 bits per heavy atom. The predicted octanol–water partition coefficient (Wildman–Crippen LogP) is 0.984. The highest BCUT2D eigenvalue weighted by Crippen LogP contribution is 2.08. The average Bonchev–Trinajstić information content (AvgIpc) is 2.30. The molecule has 0 amide bonds. The Morgan fingerprint density at radius 1 is 1.60 bits per heavy atom. The summed E-state index contributed by atoms with van der Waals surface area (Å²) in [5.41, 5.74) is 0. The quantitative estimate of drug-likeness (QED) is 0.556. The molecule has 0 aliphatic carbocycles. The molecule has 56 valence electrons. The Kier molecular flexibility index (Phi) is 2.00. The van der Waals surface area contributed by atoms with Gasteiger partial charge in [0.05, 0.1) is 17.9 Å². The predicted molar refractivity (Wildman–Crippen MR) is 43.5 cm³/mol. The van der Waals surface area contributed by atoms with Crippen LogP contribution in [0.2, 0.25) is 0 Å². The van der Waals surface area contributed by atoms with Crippen LogP contribution < -0.4 is 10.6 Å². The van der Waals surface area contributed by atoms with Gasteiger partial charge in [0.15, 0.2) is 0 Å². The Labute approximate surface area is 62.0 Å². The van der Waals surface area contributed by atoms with Crippen LogP contribution in [0.5, 0.6) is 0 Å². The number of hydrogen-bond acceptors (Lipinski definition) is 2. The first-order valence-electron chi connectivity index (χ1n) is 3.62. The standard InChI is InChI=1S/C8H14N2/c1-4-7-8(5-2)10-6(3)9-7/h4,7-10H,1,3,5H2,2H3/t7-,8+/m1/s1. The van der Waals surface area contributed by atoms with E-state index in [4.69, 9.17) is 0 Å². The van der Waals surface area contributed by atoms with Gasteiger partial charge in [-0.1, -0.05) is 19.6 Å². The molecule has 0 aromatic rings. The zero-order chi connectivity index (χ0) is 7.56. The number of nitrogens with one attached hydrogen (secondary N) is 2. The second kappa shape index (κ2) is 2.78. The van der Waals surface area contributed by atoms with Crippen LogP contribution in [0.25, 0.3) is 0 Å². The average molecular weight is 138 g/mol. The van der Waals surface area contributed by atoms with E-state index in [0.29, 0.717) is 12.1 Å². The van der Waals surface area contributed by atoms with Gasteiger partial charge >= 0.3 is 0 Å². The minimum atomic E-state index is 0.359. The second-order valence-electron chi connectivity index (χ2n) is 2.54. The van der Waals surface area contributed by atoms with Crippen LogP contribution in [0.15, 0.2) is 25.1 Å². The van der Waals surface area contributed by atoms with Gasteiger partial charge < -0.3 is 10.6 Å². The SMILES string of the molecule is C=C[C@H]1NC(=C)N[C@H]1CC. The molecule has 0 spiro atoms. The third-order valence-electron chi connectivity index (χ3n) is 1.83. The van der Waals surface area contributed by atoms with Gasteiger partial charge in [0.1, 0.15) is 0 Å². The van der Waals surface area contributed by atoms with Crippen molar-refractivity contribution >= 4 is 0 Å². The fourth-order valence-electron chi connectivity index (χ4n) is 1.24. The van der Waals surface area contributed by atoms with Crippen molar-refractivity contribution in [3.63, 3.8) is 0 Å². The molecule has 0 saturated carbocycles. The summed E-state index contributed by atoms with van der Waals surface area (Å²) >= 11 is 0. The van der Waals surface area contributed by atoms with Crippen molar-refractivity contribution < 1.29 is 0 Å². The summed E-state index contributed by atoms with van der Waals surface area (Å²) in [6.45, 7) is 9.66. The van der Waals surface area contributed by atoms with Gasteiger partial charge in [-0.15, -0.1) is 6.58 Å². The molecule has 0 aromatic carbocycles. The van der Waals surface area contributed by atoms with E-state index in [1.165, 1.54) is 0 Å². The van der Waals surface area contributed by atoms with Crippen molar-refractivity contribution in [3.05, 3.63) is 25.1 Å². The van der Waals surface area contributed by atoms with Crippen molar-refractivity contribution in [2.75, 3.05) is 0 Å². The number of hydrogen-bond donors (Lipinski definition) is 2. The lowest BCUT2D eigenvalue weighted by molar-refractivity contribution is 0.562. The van der Waals surface area contributed by atoms with E-state index in [-0.39, 0.29) is 0 Å². The van der Waals surface area contributed by atoms with E-state index in [9.17, 15) is 0 Å². The van der Waals surface area contributed by atoms with Gasteiger partial charge in [0, 0.05) is 0 Å². The second-order valence-corrected chi connectivity index (χ2v) is 2.54. The van der Waals surface area contributed by atoms with Crippen LogP contribution in [0.3, 0.4) is 0 Å². The maximum Gasteiger partial charge on any atom is 0.0920 e. The zero-order valence-corrected chi connectivity index (χ0v) is 6.35. The first-order valence-corrected chi connectivity index (χ1v) is 3.62. The van der Waals surface area contributed by atoms with Gasteiger partial charge in [-0.3, -0.25) is 0 Å². The highest BCUT2D eigenvalue weighted by molar-refractivity contribution is 5.11. The molecule has 2 N–H and O–H groups in total. The van der Waals surface area contributed by atoms with Gasteiger partial charge in [-0.05, 0) is 6.42 Å². The van der Waals surface area contributed by atoms with Gasteiger partial charge in [-0.25, -0.2) is 0 Å². The molecule has 0 bridgehead atoms. The van der Waals surface area contributed by atoms with Crippen LogP contribution >= 0.6 is 0 Å². The molecular weight excluding hydrogens is 124 g/mol. The molecule has 1 saturated heterocycles. The first kappa shape index (κ1) is 7.19. The van der Waals surface area contributed by atoms with Gasteiger partial charge in [-0.2, -0.15) is 0 Å². The van der Waals surface area contributed by atoms with Crippen LogP contribution in [-0.2, 0) is 0 Å². The Balaban J connectivity index is 2.56. The summed E-state index contributed by atoms with van der Waals surface area (Å²) in [4.78, 5) is 0. The van der Waals surface area contributed by atoms with E-state index in [0.717, 1.165) is 12.2 Å². The molecule has 2 nitrogen and oxygen atoms in total. The smallest absolute Gasteiger partial charge is 0.0920 e. The van der Waals surface area contributed by atoms with Crippen molar-refractivity contribution in [2.24, 2.45) is 0 Å². The molecule has 0 radical (unpaired) electrons. The zero-order valence-electron chi connectivity index (χ0n) is 6.35. The normalized spacial score (nSPS) is 31.1.